The number of hydrogen-bond acceptors (Lipinski definition) is 8. The van der Waals surface area contributed by atoms with E-state index in [9.17, 15) is 13.2 Å². The lowest BCUT2D eigenvalue weighted by molar-refractivity contribution is -0.158. The fourth-order valence-corrected chi connectivity index (χ4v) is 4.97. The molecule has 0 spiro atoms. The van der Waals surface area contributed by atoms with Crippen LogP contribution in [0.15, 0.2) is 24.4 Å². The maximum atomic E-state index is 13.1. The number of likely N-dealkylation sites (N-methyl/N-ethyl adjacent to an activating group) is 1. The number of carbonyl (C=O) groups excluding carboxylic acids is 1. The second-order valence-electron chi connectivity index (χ2n) is 9.68. The van der Waals surface area contributed by atoms with Crippen LogP contribution in [-0.4, -0.2) is 89.3 Å². The van der Waals surface area contributed by atoms with Gasteiger partial charge < -0.3 is 19.3 Å². The van der Waals surface area contributed by atoms with Crippen molar-refractivity contribution >= 4 is 27.2 Å². The number of fused-ring (bicyclic) bond motifs is 1. The Morgan fingerprint density at radius 1 is 1.24 bits per heavy atom. The monoisotopic (exact) mass is 481 g/mol. The van der Waals surface area contributed by atoms with E-state index in [1.165, 1.54) is 0 Å². The molecule has 0 atom stereocenters. The Labute approximate surface area is 196 Å². The third-order valence-electron chi connectivity index (χ3n) is 5.84. The average Bonchev–Trinajstić information content (AvgIpc) is 3.11. The summed E-state index contributed by atoms with van der Waals surface area (Å²) in [7, 11) is 3.33. The predicted molar refractivity (Wildman–Crippen MR) is 127 cm³/mol. The molecule has 1 aliphatic rings. The highest BCUT2D eigenvalue weighted by molar-refractivity contribution is 7.85. The molecule has 2 heterocycles. The number of methoxy groups -OCH3 is 1. The molecular formula is C23H35N3O6S. The number of carbonyl (C=O) groups is 1. The molecule has 0 radical (unpaired) electrons. The van der Waals surface area contributed by atoms with Crippen molar-refractivity contribution < 1.29 is 26.9 Å². The second kappa shape index (κ2) is 10.0. The van der Waals surface area contributed by atoms with Gasteiger partial charge in [0.25, 0.3) is 0 Å². The first-order chi connectivity index (χ1) is 15.4. The molecule has 0 N–H and O–H groups in total. The first-order valence-corrected chi connectivity index (χ1v) is 12.4. The molecule has 1 fully saturated rings. The summed E-state index contributed by atoms with van der Waals surface area (Å²) >= 11 is 0. The van der Waals surface area contributed by atoms with E-state index in [4.69, 9.17) is 13.7 Å². The van der Waals surface area contributed by atoms with E-state index < -0.39 is 21.7 Å². The minimum atomic E-state index is -4.18. The maximum absolute atomic E-state index is 13.1. The molecule has 9 nitrogen and oxygen atoms in total. The zero-order valence-electron chi connectivity index (χ0n) is 20.3. The van der Waals surface area contributed by atoms with Gasteiger partial charge in [0.05, 0.1) is 31.3 Å². The van der Waals surface area contributed by atoms with Gasteiger partial charge in [0, 0.05) is 37.1 Å². The SMILES string of the molecule is COc1ccc2c(c1)c(CCN(C)C)cn2S(=O)(=O)OCC(C)(C)C(=O)OCC1CN(C)C1. The summed E-state index contributed by atoms with van der Waals surface area (Å²) in [6.45, 7) is 5.80. The summed E-state index contributed by atoms with van der Waals surface area (Å²) in [6.07, 6.45) is 2.24. The van der Waals surface area contributed by atoms with Gasteiger partial charge in [-0.2, -0.15) is 8.42 Å². The molecule has 0 aliphatic carbocycles. The van der Waals surface area contributed by atoms with Crippen molar-refractivity contribution in [2.75, 3.05) is 61.1 Å². The summed E-state index contributed by atoms with van der Waals surface area (Å²) in [5.74, 6) is 0.496. The van der Waals surface area contributed by atoms with Crippen LogP contribution >= 0.6 is 0 Å². The quantitative estimate of drug-likeness (QED) is 0.450. The summed E-state index contributed by atoms with van der Waals surface area (Å²) in [6, 6.07) is 5.23. The number of hydrogen-bond donors (Lipinski definition) is 0. The predicted octanol–water partition coefficient (Wildman–Crippen LogP) is 1.99. The third-order valence-corrected chi connectivity index (χ3v) is 7.04. The molecule has 3 rings (SSSR count). The largest absolute Gasteiger partial charge is 0.497 e. The van der Waals surface area contributed by atoms with E-state index in [0.717, 1.165) is 34.6 Å². The van der Waals surface area contributed by atoms with Crippen LogP contribution in [0.2, 0.25) is 0 Å². The molecule has 33 heavy (non-hydrogen) atoms. The van der Waals surface area contributed by atoms with Crippen LogP contribution in [0.25, 0.3) is 10.9 Å². The zero-order valence-corrected chi connectivity index (χ0v) is 21.1. The van der Waals surface area contributed by atoms with Crippen molar-refractivity contribution in [1.82, 2.24) is 13.8 Å². The lowest BCUT2D eigenvalue weighted by Gasteiger charge is -2.36. The zero-order chi connectivity index (χ0) is 24.4. The molecule has 0 bridgehead atoms. The Bertz CT molecular complexity index is 1090. The van der Waals surface area contributed by atoms with E-state index >= 15 is 0 Å². The van der Waals surface area contributed by atoms with Crippen LogP contribution in [-0.2, 0) is 30.4 Å². The molecule has 1 aliphatic heterocycles. The van der Waals surface area contributed by atoms with Gasteiger partial charge in [0.1, 0.15) is 5.75 Å². The number of rotatable bonds is 11. The topological polar surface area (TPSA) is 90.3 Å². The fourth-order valence-electron chi connectivity index (χ4n) is 3.76. The van der Waals surface area contributed by atoms with Crippen LogP contribution in [0.5, 0.6) is 5.75 Å². The summed E-state index contributed by atoms with van der Waals surface area (Å²) < 4.78 is 43.5. The number of esters is 1. The lowest BCUT2D eigenvalue weighted by atomic mass is 9.95. The van der Waals surface area contributed by atoms with Gasteiger partial charge in [-0.05, 0) is 65.2 Å². The molecule has 0 unspecified atom stereocenters. The fraction of sp³-hybridized carbons (Fsp3) is 0.609. The minimum absolute atomic E-state index is 0.318. The summed E-state index contributed by atoms with van der Waals surface area (Å²) in [4.78, 5) is 16.7. The summed E-state index contributed by atoms with van der Waals surface area (Å²) in [5.41, 5.74) is 0.260. The Balaban J connectivity index is 1.75. The standard InChI is InChI=1S/C23H35N3O6S/c1-23(2,22(27)31-15-17-12-25(5)13-17)16-32-33(28,29)26-14-18(9-10-24(3)4)20-11-19(30-6)7-8-21(20)26/h7-8,11,14,17H,9-10,12-13,15-16H2,1-6H3. The highest BCUT2D eigenvalue weighted by atomic mass is 32.2. The number of benzene rings is 1. The number of nitrogens with zero attached hydrogens (tertiary/aromatic N) is 3. The molecule has 2 aromatic rings. The van der Waals surface area contributed by atoms with Gasteiger partial charge in [-0.1, -0.05) is 0 Å². The number of aromatic nitrogens is 1. The molecule has 0 amide bonds. The Hall–Kier alpha value is -2.14. The molecule has 10 heteroatoms. The first kappa shape index (κ1) is 25.5. The van der Waals surface area contributed by atoms with Gasteiger partial charge >= 0.3 is 16.3 Å². The van der Waals surface area contributed by atoms with E-state index in [1.54, 1.807) is 39.3 Å². The highest BCUT2D eigenvalue weighted by Gasteiger charge is 2.34. The molecule has 1 aromatic heterocycles. The van der Waals surface area contributed by atoms with E-state index in [2.05, 4.69) is 4.90 Å². The Morgan fingerprint density at radius 2 is 1.94 bits per heavy atom. The molecule has 1 aromatic carbocycles. The molecule has 1 saturated heterocycles. The molecule has 184 valence electrons. The number of ether oxygens (including phenoxy) is 2. The van der Waals surface area contributed by atoms with Gasteiger partial charge in [-0.25, -0.2) is 3.97 Å². The van der Waals surface area contributed by atoms with Crippen LogP contribution in [0.3, 0.4) is 0 Å². The lowest BCUT2D eigenvalue weighted by Crippen LogP contribution is -2.47. The van der Waals surface area contributed by atoms with Crippen molar-refractivity contribution in [3.05, 3.63) is 30.0 Å². The van der Waals surface area contributed by atoms with Crippen LogP contribution in [0.4, 0.5) is 0 Å². The molecule has 0 saturated carbocycles. The highest BCUT2D eigenvalue weighted by Crippen LogP contribution is 2.29. The van der Waals surface area contributed by atoms with E-state index in [0.29, 0.717) is 30.2 Å². The Morgan fingerprint density at radius 3 is 2.55 bits per heavy atom. The third kappa shape index (κ3) is 6.06. The van der Waals surface area contributed by atoms with Crippen LogP contribution in [0.1, 0.15) is 19.4 Å². The maximum Gasteiger partial charge on any atom is 0.366 e. The van der Waals surface area contributed by atoms with Gasteiger partial charge in [0.2, 0.25) is 0 Å². The Kier molecular flexibility index (Phi) is 7.73. The van der Waals surface area contributed by atoms with Gasteiger partial charge in [-0.3, -0.25) is 8.98 Å². The number of likely N-dealkylation sites (tertiary alicyclic amines) is 1. The minimum Gasteiger partial charge on any atom is -0.497 e. The van der Waals surface area contributed by atoms with Crippen molar-refractivity contribution in [3.63, 3.8) is 0 Å². The van der Waals surface area contributed by atoms with Crippen LogP contribution < -0.4 is 4.74 Å². The van der Waals surface area contributed by atoms with E-state index in [-0.39, 0.29) is 6.61 Å². The normalized spacial score (nSPS) is 15.7. The smallest absolute Gasteiger partial charge is 0.366 e. The van der Waals surface area contributed by atoms with E-state index in [1.807, 2.05) is 32.1 Å². The van der Waals surface area contributed by atoms with Gasteiger partial charge in [0.15, 0.2) is 0 Å². The van der Waals surface area contributed by atoms with Gasteiger partial charge in [-0.15, -0.1) is 0 Å². The average molecular weight is 482 g/mol. The molecular weight excluding hydrogens is 446 g/mol. The van der Waals surface area contributed by atoms with Crippen molar-refractivity contribution in [1.29, 1.82) is 0 Å². The summed E-state index contributed by atoms with van der Waals surface area (Å²) in [5, 5.41) is 0.785. The van der Waals surface area contributed by atoms with Crippen molar-refractivity contribution in [2.24, 2.45) is 11.3 Å². The second-order valence-corrected chi connectivity index (χ2v) is 11.2. The first-order valence-electron chi connectivity index (χ1n) is 11.0. The van der Waals surface area contributed by atoms with Crippen molar-refractivity contribution in [2.45, 2.75) is 20.3 Å². The van der Waals surface area contributed by atoms with Crippen molar-refractivity contribution in [3.8, 4) is 5.75 Å². The van der Waals surface area contributed by atoms with Crippen LogP contribution in [0, 0.1) is 11.3 Å².